The molecule has 0 radical (unpaired) electrons. The highest BCUT2D eigenvalue weighted by atomic mass is 35.5. The van der Waals surface area contributed by atoms with E-state index < -0.39 is 6.61 Å². The first kappa shape index (κ1) is 15.9. The summed E-state index contributed by atoms with van der Waals surface area (Å²) in [6.45, 7) is 1.34. The number of nitrogens with zero attached hydrogens (tertiary/aromatic N) is 1. The number of aromatic amines is 1. The van der Waals surface area contributed by atoms with E-state index in [9.17, 15) is 8.78 Å². The zero-order chi connectivity index (χ0) is 15.6. The lowest BCUT2D eigenvalue weighted by atomic mass is 10.2. The minimum atomic E-state index is -2.98. The Bertz CT molecular complexity index is 604. The zero-order valence-electron chi connectivity index (χ0n) is 11.3. The number of H-pyrrole nitrogens is 1. The van der Waals surface area contributed by atoms with E-state index in [2.05, 4.69) is 20.3 Å². The predicted molar refractivity (Wildman–Crippen MR) is 78.5 cm³/mol. The molecule has 1 heterocycles. The number of halogens is 4. The molecule has 0 unspecified atom stereocenters. The molecule has 0 aliphatic carbocycles. The molecule has 2 N–H and O–H groups in total. The van der Waals surface area contributed by atoms with Crippen molar-refractivity contribution in [1.29, 1.82) is 0 Å². The molecule has 0 aliphatic rings. The average Bonchev–Trinajstić information content (AvgIpc) is 2.71. The summed E-state index contributed by atoms with van der Waals surface area (Å²) in [5.74, 6) is -0.227. The van der Waals surface area contributed by atoms with Crippen LogP contribution in [0.3, 0.4) is 0 Å². The number of aryl methyl sites for hydroxylation is 2. The third-order valence-corrected chi connectivity index (χ3v) is 3.52. The van der Waals surface area contributed by atoms with E-state index in [4.69, 9.17) is 23.2 Å². The summed E-state index contributed by atoms with van der Waals surface area (Å²) in [6, 6.07) is 2.96. The van der Waals surface area contributed by atoms with E-state index in [-0.39, 0.29) is 15.8 Å². The van der Waals surface area contributed by atoms with Crippen molar-refractivity contribution in [1.82, 2.24) is 10.2 Å². The Morgan fingerprint density at radius 2 is 1.90 bits per heavy atom. The Balaban J connectivity index is 2.15. The molecule has 0 saturated heterocycles. The third kappa shape index (κ3) is 3.77. The average molecular weight is 336 g/mol. The lowest BCUT2D eigenvalue weighted by molar-refractivity contribution is -0.0497. The number of nitrogens with one attached hydrogen (secondary N) is 2. The maximum absolute atomic E-state index is 12.2. The van der Waals surface area contributed by atoms with Gasteiger partial charge in [0.15, 0.2) is 5.75 Å². The predicted octanol–water partition coefficient (Wildman–Crippen LogP) is 4.55. The van der Waals surface area contributed by atoms with Gasteiger partial charge in [0.25, 0.3) is 0 Å². The van der Waals surface area contributed by atoms with Gasteiger partial charge in [-0.15, -0.1) is 0 Å². The lowest BCUT2D eigenvalue weighted by Crippen LogP contribution is -2.05. The van der Waals surface area contributed by atoms with Crippen LogP contribution >= 0.6 is 23.2 Å². The van der Waals surface area contributed by atoms with Crippen molar-refractivity contribution in [2.45, 2.75) is 27.0 Å². The van der Waals surface area contributed by atoms with Crippen molar-refractivity contribution < 1.29 is 13.5 Å². The molecule has 1 aromatic carbocycles. The summed E-state index contributed by atoms with van der Waals surface area (Å²) in [7, 11) is 0. The van der Waals surface area contributed by atoms with Gasteiger partial charge in [-0.2, -0.15) is 13.9 Å². The van der Waals surface area contributed by atoms with Gasteiger partial charge in [-0.3, -0.25) is 5.10 Å². The fourth-order valence-corrected chi connectivity index (χ4v) is 2.46. The first-order chi connectivity index (χ1) is 9.88. The molecular formula is C13H13Cl2F2N3O. The monoisotopic (exact) mass is 335 g/mol. The smallest absolute Gasteiger partial charge is 0.387 e. The number of rotatable bonds is 5. The molecule has 0 atom stereocenters. The first-order valence-corrected chi connectivity index (χ1v) is 6.82. The molecule has 2 aromatic rings. The number of ether oxygens (including phenoxy) is 1. The Morgan fingerprint density at radius 3 is 2.38 bits per heavy atom. The molecular weight excluding hydrogens is 323 g/mol. The standard InChI is InChI=1S/C13H13Cl2F2N3O/c1-6-9(7(2)20-19-6)5-18-8-3-10(14)12(11(15)4-8)21-13(16)17/h3-4,13,18H,5H2,1-2H3,(H,19,20). The minimum Gasteiger partial charge on any atom is -0.432 e. The molecule has 114 valence electrons. The molecule has 2 rings (SSSR count). The van der Waals surface area contributed by atoms with Gasteiger partial charge < -0.3 is 10.1 Å². The van der Waals surface area contributed by atoms with E-state index in [1.165, 1.54) is 12.1 Å². The number of benzene rings is 1. The van der Waals surface area contributed by atoms with Crippen LogP contribution in [0.25, 0.3) is 0 Å². The van der Waals surface area contributed by atoms with Gasteiger partial charge >= 0.3 is 6.61 Å². The van der Waals surface area contributed by atoms with Crippen LogP contribution in [-0.2, 0) is 6.54 Å². The molecule has 0 spiro atoms. The van der Waals surface area contributed by atoms with Gasteiger partial charge in [0.2, 0.25) is 0 Å². The van der Waals surface area contributed by atoms with Crippen molar-refractivity contribution >= 4 is 28.9 Å². The Morgan fingerprint density at radius 1 is 1.29 bits per heavy atom. The van der Waals surface area contributed by atoms with Crippen LogP contribution in [0.4, 0.5) is 14.5 Å². The largest absolute Gasteiger partial charge is 0.432 e. The Hall–Kier alpha value is -1.53. The van der Waals surface area contributed by atoms with Gasteiger partial charge in [0.1, 0.15) is 0 Å². The molecule has 0 bridgehead atoms. The third-order valence-electron chi connectivity index (χ3n) is 2.96. The fraction of sp³-hybridized carbons (Fsp3) is 0.308. The summed E-state index contributed by atoms with van der Waals surface area (Å²) < 4.78 is 28.8. The van der Waals surface area contributed by atoms with Crippen LogP contribution < -0.4 is 10.1 Å². The topological polar surface area (TPSA) is 49.9 Å². The molecule has 1 aromatic heterocycles. The highest BCUT2D eigenvalue weighted by Gasteiger charge is 2.14. The number of aromatic nitrogens is 2. The van der Waals surface area contributed by atoms with Gasteiger partial charge in [-0.25, -0.2) is 0 Å². The van der Waals surface area contributed by atoms with E-state index in [1.807, 2.05) is 13.8 Å². The van der Waals surface area contributed by atoms with Crippen molar-refractivity contribution in [3.63, 3.8) is 0 Å². The summed E-state index contributed by atoms with van der Waals surface area (Å²) >= 11 is 11.8. The number of hydrogen-bond acceptors (Lipinski definition) is 3. The van der Waals surface area contributed by atoms with Crippen LogP contribution in [0, 0.1) is 13.8 Å². The Labute approximate surface area is 130 Å². The van der Waals surface area contributed by atoms with Gasteiger partial charge in [0.05, 0.1) is 15.7 Å². The van der Waals surface area contributed by atoms with Crippen molar-refractivity contribution in [2.24, 2.45) is 0 Å². The normalized spacial score (nSPS) is 11.0. The zero-order valence-corrected chi connectivity index (χ0v) is 12.8. The summed E-state index contributed by atoms with van der Waals surface area (Å²) in [4.78, 5) is 0. The van der Waals surface area contributed by atoms with E-state index in [0.717, 1.165) is 17.0 Å². The second-order valence-electron chi connectivity index (χ2n) is 4.41. The molecule has 0 fully saturated rings. The number of anilines is 1. The maximum Gasteiger partial charge on any atom is 0.387 e. The van der Waals surface area contributed by atoms with Crippen molar-refractivity contribution in [3.05, 3.63) is 39.1 Å². The van der Waals surface area contributed by atoms with Gasteiger partial charge in [-0.05, 0) is 26.0 Å². The Kier molecular flexibility index (Phi) is 4.90. The quantitative estimate of drug-likeness (QED) is 0.842. The molecule has 0 saturated carbocycles. The van der Waals surface area contributed by atoms with Crippen LogP contribution in [0.5, 0.6) is 5.75 Å². The number of hydrogen-bond donors (Lipinski definition) is 2. The first-order valence-electron chi connectivity index (χ1n) is 6.06. The van der Waals surface area contributed by atoms with E-state index in [0.29, 0.717) is 12.2 Å². The molecule has 21 heavy (non-hydrogen) atoms. The highest BCUT2D eigenvalue weighted by molar-refractivity contribution is 6.37. The highest BCUT2D eigenvalue weighted by Crippen LogP contribution is 2.37. The van der Waals surface area contributed by atoms with Gasteiger partial charge in [0, 0.05) is 23.5 Å². The second-order valence-corrected chi connectivity index (χ2v) is 5.23. The van der Waals surface area contributed by atoms with Crippen molar-refractivity contribution in [3.8, 4) is 5.75 Å². The molecule has 4 nitrogen and oxygen atoms in total. The molecule has 0 amide bonds. The lowest BCUT2D eigenvalue weighted by Gasteiger charge is -2.12. The maximum atomic E-state index is 12.2. The van der Waals surface area contributed by atoms with E-state index >= 15 is 0 Å². The van der Waals surface area contributed by atoms with Gasteiger partial charge in [-0.1, -0.05) is 23.2 Å². The van der Waals surface area contributed by atoms with Crippen LogP contribution in [0.1, 0.15) is 17.0 Å². The minimum absolute atomic E-state index is 0.0194. The van der Waals surface area contributed by atoms with E-state index in [1.54, 1.807) is 0 Å². The summed E-state index contributed by atoms with van der Waals surface area (Å²) in [6.07, 6.45) is 0. The summed E-state index contributed by atoms with van der Waals surface area (Å²) in [5, 5.41) is 10.1. The van der Waals surface area contributed by atoms with Crippen LogP contribution in [0.15, 0.2) is 12.1 Å². The van der Waals surface area contributed by atoms with Crippen LogP contribution in [-0.4, -0.2) is 16.8 Å². The molecule has 0 aliphatic heterocycles. The second kappa shape index (κ2) is 6.49. The fourth-order valence-electron chi connectivity index (χ4n) is 1.89. The SMILES string of the molecule is Cc1n[nH]c(C)c1CNc1cc(Cl)c(OC(F)F)c(Cl)c1. The summed E-state index contributed by atoms with van der Waals surface area (Å²) in [5.41, 5.74) is 3.46. The number of alkyl halides is 2. The van der Waals surface area contributed by atoms with Crippen LogP contribution in [0.2, 0.25) is 10.0 Å². The molecule has 8 heteroatoms. The van der Waals surface area contributed by atoms with Crippen molar-refractivity contribution in [2.75, 3.05) is 5.32 Å².